The van der Waals surface area contributed by atoms with Crippen molar-refractivity contribution in [2.75, 3.05) is 7.11 Å². The van der Waals surface area contributed by atoms with Gasteiger partial charge in [-0.2, -0.15) is 0 Å². The van der Waals surface area contributed by atoms with Gasteiger partial charge in [-0.3, -0.25) is 9.78 Å². The Labute approximate surface area is 111 Å². The maximum absolute atomic E-state index is 13.3. The van der Waals surface area contributed by atoms with Crippen molar-refractivity contribution in [3.05, 3.63) is 59.7 Å². The van der Waals surface area contributed by atoms with E-state index in [1.165, 1.54) is 25.3 Å². The van der Waals surface area contributed by atoms with Crippen molar-refractivity contribution in [2.45, 2.75) is 12.8 Å². The molecule has 0 bridgehead atoms. The van der Waals surface area contributed by atoms with Crippen molar-refractivity contribution in [3.8, 4) is 5.75 Å². The molecule has 0 radical (unpaired) electrons. The molecule has 0 amide bonds. The lowest BCUT2D eigenvalue weighted by Gasteiger charge is -2.11. The van der Waals surface area contributed by atoms with E-state index in [0.29, 0.717) is 11.3 Å². The summed E-state index contributed by atoms with van der Waals surface area (Å²) in [5.74, 6) is -0.906. The van der Waals surface area contributed by atoms with E-state index in [0.717, 1.165) is 0 Å². The van der Waals surface area contributed by atoms with Crippen LogP contribution in [0.2, 0.25) is 0 Å². The van der Waals surface area contributed by atoms with Crippen LogP contribution < -0.4 is 4.74 Å². The van der Waals surface area contributed by atoms with E-state index in [1.54, 1.807) is 25.3 Å². The average molecular weight is 259 g/mol. The van der Waals surface area contributed by atoms with Crippen LogP contribution in [-0.2, 0) is 0 Å². The molecule has 1 aromatic heterocycles. The molecule has 1 aromatic carbocycles. The van der Waals surface area contributed by atoms with Crippen molar-refractivity contribution < 1.29 is 13.9 Å². The monoisotopic (exact) mass is 259 g/mol. The summed E-state index contributed by atoms with van der Waals surface area (Å²) in [5, 5.41) is 0. The number of hydrogen-bond acceptors (Lipinski definition) is 3. The van der Waals surface area contributed by atoms with Crippen molar-refractivity contribution in [1.29, 1.82) is 0 Å². The summed E-state index contributed by atoms with van der Waals surface area (Å²) in [4.78, 5) is 16.5. The number of aromatic nitrogens is 1. The maximum Gasteiger partial charge on any atom is 0.171 e. The second kappa shape index (κ2) is 5.61. The standard InChI is InChI=1S/C15H14FNO2/c1-10(13-5-3-4-8-17-13)15(18)11-6-7-12(16)14(9-11)19-2/h3-10H,1-2H3. The molecule has 1 unspecified atom stereocenters. The number of rotatable bonds is 4. The summed E-state index contributed by atoms with van der Waals surface area (Å²) in [7, 11) is 1.37. The van der Waals surface area contributed by atoms with Crippen LogP contribution in [-0.4, -0.2) is 17.9 Å². The molecule has 19 heavy (non-hydrogen) atoms. The SMILES string of the molecule is COc1cc(C(=O)C(C)c2ccccn2)ccc1F. The zero-order chi connectivity index (χ0) is 13.8. The van der Waals surface area contributed by atoms with Gasteiger partial charge in [-0.1, -0.05) is 6.07 Å². The van der Waals surface area contributed by atoms with Gasteiger partial charge in [0.25, 0.3) is 0 Å². The van der Waals surface area contributed by atoms with Crippen molar-refractivity contribution >= 4 is 5.78 Å². The number of nitrogens with zero attached hydrogens (tertiary/aromatic N) is 1. The third kappa shape index (κ3) is 2.78. The second-order valence-electron chi connectivity index (χ2n) is 4.19. The van der Waals surface area contributed by atoms with Gasteiger partial charge in [0.2, 0.25) is 0 Å². The van der Waals surface area contributed by atoms with E-state index in [9.17, 15) is 9.18 Å². The molecule has 1 heterocycles. The minimum atomic E-state index is -0.482. The molecule has 1 atom stereocenters. The van der Waals surface area contributed by atoms with E-state index in [1.807, 2.05) is 6.07 Å². The largest absolute Gasteiger partial charge is 0.494 e. The number of pyridine rings is 1. The van der Waals surface area contributed by atoms with Gasteiger partial charge in [0.1, 0.15) is 0 Å². The van der Waals surface area contributed by atoms with Crippen LogP contribution in [0.4, 0.5) is 4.39 Å². The summed E-state index contributed by atoms with van der Waals surface area (Å²) in [6, 6.07) is 9.52. The predicted molar refractivity (Wildman–Crippen MR) is 69.9 cm³/mol. The molecule has 0 fully saturated rings. The van der Waals surface area contributed by atoms with Crippen molar-refractivity contribution in [1.82, 2.24) is 4.98 Å². The smallest absolute Gasteiger partial charge is 0.171 e. The molecular weight excluding hydrogens is 245 g/mol. The normalized spacial score (nSPS) is 11.9. The van der Waals surface area contributed by atoms with Crippen LogP contribution in [0.15, 0.2) is 42.6 Å². The first-order chi connectivity index (χ1) is 9.13. The highest BCUT2D eigenvalue weighted by Crippen LogP contribution is 2.23. The lowest BCUT2D eigenvalue weighted by molar-refractivity contribution is 0.0964. The Morgan fingerprint density at radius 3 is 2.74 bits per heavy atom. The molecule has 0 aliphatic rings. The Bertz CT molecular complexity index is 584. The summed E-state index contributed by atoms with van der Waals surface area (Å²) in [6.07, 6.45) is 1.64. The van der Waals surface area contributed by atoms with Gasteiger partial charge in [0.15, 0.2) is 17.3 Å². The van der Waals surface area contributed by atoms with Crippen molar-refractivity contribution in [3.63, 3.8) is 0 Å². The number of carbonyl (C=O) groups is 1. The van der Waals surface area contributed by atoms with E-state index in [2.05, 4.69) is 4.98 Å². The first-order valence-corrected chi connectivity index (χ1v) is 5.92. The molecule has 0 saturated heterocycles. The topological polar surface area (TPSA) is 39.2 Å². The number of benzene rings is 1. The predicted octanol–water partition coefficient (Wildman–Crippen LogP) is 3.22. The van der Waals surface area contributed by atoms with Gasteiger partial charge < -0.3 is 4.74 Å². The number of Topliss-reactive ketones (excluding diaryl/α,β-unsaturated/α-hetero) is 1. The molecule has 0 aliphatic heterocycles. The number of ketones is 1. The Balaban J connectivity index is 2.29. The third-order valence-electron chi connectivity index (χ3n) is 2.96. The van der Waals surface area contributed by atoms with Gasteiger partial charge >= 0.3 is 0 Å². The highest BCUT2D eigenvalue weighted by atomic mass is 19.1. The molecule has 0 aliphatic carbocycles. The van der Waals surface area contributed by atoms with Crippen LogP contribution in [0.25, 0.3) is 0 Å². The fourth-order valence-electron chi connectivity index (χ4n) is 1.83. The van der Waals surface area contributed by atoms with Crippen LogP contribution in [0.5, 0.6) is 5.75 Å². The molecule has 3 nitrogen and oxygen atoms in total. The van der Waals surface area contributed by atoms with Crippen LogP contribution >= 0.6 is 0 Å². The number of carbonyl (C=O) groups excluding carboxylic acids is 1. The average Bonchev–Trinajstić information content (AvgIpc) is 2.47. The summed E-state index contributed by atoms with van der Waals surface area (Å²) in [6.45, 7) is 1.78. The molecule has 4 heteroatoms. The van der Waals surface area contributed by atoms with Gasteiger partial charge in [0.05, 0.1) is 18.7 Å². The van der Waals surface area contributed by atoms with Gasteiger partial charge in [-0.15, -0.1) is 0 Å². The fourth-order valence-corrected chi connectivity index (χ4v) is 1.83. The minimum Gasteiger partial charge on any atom is -0.494 e. The summed E-state index contributed by atoms with van der Waals surface area (Å²) in [5.41, 5.74) is 1.10. The Morgan fingerprint density at radius 1 is 1.32 bits per heavy atom. The molecular formula is C15H14FNO2. The molecule has 0 saturated carbocycles. The van der Waals surface area contributed by atoms with E-state index >= 15 is 0 Å². The highest BCUT2D eigenvalue weighted by Gasteiger charge is 2.19. The summed E-state index contributed by atoms with van der Waals surface area (Å²) < 4.78 is 18.2. The number of hydrogen-bond donors (Lipinski definition) is 0. The molecule has 0 N–H and O–H groups in total. The minimum absolute atomic E-state index is 0.0686. The van der Waals surface area contributed by atoms with Gasteiger partial charge in [0, 0.05) is 11.8 Å². The lowest BCUT2D eigenvalue weighted by atomic mass is 9.96. The number of ether oxygens (including phenoxy) is 1. The first kappa shape index (κ1) is 13.2. The second-order valence-corrected chi connectivity index (χ2v) is 4.19. The zero-order valence-electron chi connectivity index (χ0n) is 10.8. The zero-order valence-corrected chi connectivity index (χ0v) is 10.8. The Kier molecular flexibility index (Phi) is 3.90. The summed E-state index contributed by atoms with van der Waals surface area (Å²) >= 11 is 0. The van der Waals surface area contributed by atoms with Crippen molar-refractivity contribution in [2.24, 2.45) is 0 Å². The number of halogens is 1. The van der Waals surface area contributed by atoms with Crippen LogP contribution in [0.1, 0.15) is 28.9 Å². The number of methoxy groups -OCH3 is 1. The maximum atomic E-state index is 13.3. The third-order valence-corrected chi connectivity index (χ3v) is 2.96. The van der Waals surface area contributed by atoms with Gasteiger partial charge in [-0.25, -0.2) is 4.39 Å². The van der Waals surface area contributed by atoms with E-state index in [4.69, 9.17) is 4.74 Å². The molecule has 0 spiro atoms. The quantitative estimate of drug-likeness (QED) is 0.791. The fraction of sp³-hybridized carbons (Fsp3) is 0.200. The molecule has 2 aromatic rings. The van der Waals surface area contributed by atoms with Crippen LogP contribution in [0.3, 0.4) is 0 Å². The first-order valence-electron chi connectivity index (χ1n) is 5.92. The molecule has 98 valence electrons. The van der Waals surface area contributed by atoms with E-state index < -0.39 is 5.82 Å². The Hall–Kier alpha value is -2.23. The lowest BCUT2D eigenvalue weighted by Crippen LogP contribution is -2.11. The molecule has 2 rings (SSSR count). The van der Waals surface area contributed by atoms with E-state index in [-0.39, 0.29) is 17.5 Å². The highest BCUT2D eigenvalue weighted by molar-refractivity contribution is 6.00. The Morgan fingerprint density at radius 2 is 2.11 bits per heavy atom. The van der Waals surface area contributed by atoms with Crippen LogP contribution in [0, 0.1) is 5.82 Å². The van der Waals surface area contributed by atoms with Gasteiger partial charge in [-0.05, 0) is 37.3 Å².